The normalized spacial score (nSPS) is 21.5. The van der Waals surface area contributed by atoms with Crippen LogP contribution < -0.4 is 0 Å². The van der Waals surface area contributed by atoms with Crippen molar-refractivity contribution in [1.82, 2.24) is 14.5 Å². The fourth-order valence-electron chi connectivity index (χ4n) is 3.38. The van der Waals surface area contributed by atoms with E-state index >= 15 is 0 Å². The Morgan fingerprint density at radius 2 is 1.96 bits per heavy atom. The van der Waals surface area contributed by atoms with E-state index in [0.29, 0.717) is 13.1 Å². The standard InChI is InChI=1S/C18H23N3O2/c1-12-8-17(15(4)21(12)16-6-5-7-19-9-16)18(22)20-10-13(2)23-14(3)11-20/h5-9,13-14H,10-11H2,1-4H3/t13-,14-/m0/s1. The van der Waals surface area contributed by atoms with E-state index in [0.717, 1.165) is 22.6 Å². The summed E-state index contributed by atoms with van der Waals surface area (Å²) >= 11 is 0. The number of rotatable bonds is 2. The first-order valence-electron chi connectivity index (χ1n) is 8.01. The molecule has 3 heterocycles. The number of amides is 1. The minimum Gasteiger partial charge on any atom is -0.372 e. The molecule has 0 aromatic carbocycles. The lowest BCUT2D eigenvalue weighted by Gasteiger charge is -2.35. The van der Waals surface area contributed by atoms with Crippen molar-refractivity contribution in [1.29, 1.82) is 0 Å². The summed E-state index contributed by atoms with van der Waals surface area (Å²) in [6, 6.07) is 5.87. The summed E-state index contributed by atoms with van der Waals surface area (Å²) in [7, 11) is 0. The lowest BCUT2D eigenvalue weighted by Crippen LogP contribution is -2.48. The number of morpholine rings is 1. The van der Waals surface area contributed by atoms with E-state index in [9.17, 15) is 4.79 Å². The Bertz CT molecular complexity index is 699. The van der Waals surface area contributed by atoms with Crippen LogP contribution in [0.25, 0.3) is 5.69 Å². The van der Waals surface area contributed by atoms with Crippen molar-refractivity contribution in [2.24, 2.45) is 0 Å². The van der Waals surface area contributed by atoms with Crippen LogP contribution in [0.4, 0.5) is 0 Å². The SMILES string of the molecule is Cc1cc(C(=O)N2C[C@H](C)O[C@@H](C)C2)c(C)n1-c1cccnc1. The van der Waals surface area contributed by atoms with E-state index in [-0.39, 0.29) is 18.1 Å². The molecule has 1 fully saturated rings. The molecule has 0 spiro atoms. The zero-order chi connectivity index (χ0) is 16.6. The minimum absolute atomic E-state index is 0.0736. The van der Waals surface area contributed by atoms with Gasteiger partial charge in [0.25, 0.3) is 5.91 Å². The molecule has 2 atom stereocenters. The number of aromatic nitrogens is 2. The van der Waals surface area contributed by atoms with Crippen molar-refractivity contribution in [3.8, 4) is 5.69 Å². The second kappa shape index (κ2) is 6.16. The monoisotopic (exact) mass is 313 g/mol. The fraction of sp³-hybridized carbons (Fsp3) is 0.444. The molecule has 0 N–H and O–H groups in total. The van der Waals surface area contributed by atoms with Crippen LogP contribution in [0.2, 0.25) is 0 Å². The second-order valence-electron chi connectivity index (χ2n) is 6.30. The first-order chi connectivity index (χ1) is 11.0. The highest BCUT2D eigenvalue weighted by molar-refractivity contribution is 5.96. The van der Waals surface area contributed by atoms with Gasteiger partial charge in [-0.1, -0.05) is 0 Å². The van der Waals surface area contributed by atoms with Crippen molar-refractivity contribution < 1.29 is 9.53 Å². The summed E-state index contributed by atoms with van der Waals surface area (Å²) in [5.74, 6) is 0.0789. The summed E-state index contributed by atoms with van der Waals surface area (Å²) in [4.78, 5) is 19.0. The molecule has 2 aromatic rings. The molecule has 3 rings (SSSR count). The van der Waals surface area contributed by atoms with Crippen LogP contribution >= 0.6 is 0 Å². The van der Waals surface area contributed by atoms with Gasteiger partial charge in [-0.2, -0.15) is 0 Å². The molecule has 1 aliphatic rings. The van der Waals surface area contributed by atoms with Gasteiger partial charge in [-0.3, -0.25) is 9.78 Å². The van der Waals surface area contributed by atoms with Gasteiger partial charge in [-0.15, -0.1) is 0 Å². The highest BCUT2D eigenvalue weighted by Crippen LogP contribution is 2.23. The van der Waals surface area contributed by atoms with Gasteiger partial charge in [-0.05, 0) is 45.9 Å². The molecule has 0 saturated carbocycles. The summed E-state index contributed by atoms with van der Waals surface area (Å²) in [5, 5.41) is 0. The van der Waals surface area contributed by atoms with Gasteiger partial charge in [0.05, 0.1) is 29.7 Å². The number of hydrogen-bond acceptors (Lipinski definition) is 3. The third-order valence-corrected chi connectivity index (χ3v) is 4.27. The number of carbonyl (C=O) groups excluding carboxylic acids is 1. The fourth-order valence-corrected chi connectivity index (χ4v) is 3.38. The first kappa shape index (κ1) is 15.7. The molecular formula is C18H23N3O2. The molecule has 1 saturated heterocycles. The Morgan fingerprint density at radius 1 is 1.26 bits per heavy atom. The van der Waals surface area contributed by atoms with Crippen LogP contribution in [0.15, 0.2) is 30.6 Å². The van der Waals surface area contributed by atoms with E-state index in [4.69, 9.17) is 4.74 Å². The number of ether oxygens (including phenoxy) is 1. The van der Waals surface area contributed by atoms with E-state index in [1.807, 2.05) is 57.0 Å². The van der Waals surface area contributed by atoms with Crippen LogP contribution in [0, 0.1) is 13.8 Å². The van der Waals surface area contributed by atoms with E-state index in [2.05, 4.69) is 9.55 Å². The molecule has 5 nitrogen and oxygen atoms in total. The van der Waals surface area contributed by atoms with Crippen molar-refractivity contribution in [2.45, 2.75) is 39.9 Å². The average Bonchev–Trinajstić information content (AvgIpc) is 2.81. The largest absolute Gasteiger partial charge is 0.372 e. The van der Waals surface area contributed by atoms with Crippen molar-refractivity contribution in [3.63, 3.8) is 0 Å². The van der Waals surface area contributed by atoms with Crippen LogP contribution in [-0.2, 0) is 4.74 Å². The van der Waals surface area contributed by atoms with Crippen LogP contribution in [0.1, 0.15) is 35.6 Å². The quantitative estimate of drug-likeness (QED) is 0.856. The molecule has 2 aromatic heterocycles. The average molecular weight is 313 g/mol. The van der Waals surface area contributed by atoms with Crippen molar-refractivity contribution in [2.75, 3.05) is 13.1 Å². The van der Waals surface area contributed by atoms with Gasteiger partial charge in [0.1, 0.15) is 0 Å². The van der Waals surface area contributed by atoms with Gasteiger partial charge < -0.3 is 14.2 Å². The summed E-state index contributed by atoms with van der Waals surface area (Å²) in [6.45, 7) is 9.30. The third kappa shape index (κ3) is 3.01. The molecule has 1 amide bonds. The van der Waals surface area contributed by atoms with Crippen LogP contribution in [-0.4, -0.2) is 45.7 Å². The van der Waals surface area contributed by atoms with Gasteiger partial charge >= 0.3 is 0 Å². The lowest BCUT2D eigenvalue weighted by molar-refractivity contribution is -0.0586. The van der Waals surface area contributed by atoms with E-state index < -0.39 is 0 Å². The predicted molar refractivity (Wildman–Crippen MR) is 89.0 cm³/mol. The number of hydrogen-bond donors (Lipinski definition) is 0. The minimum atomic E-state index is 0.0736. The summed E-state index contributed by atoms with van der Waals surface area (Å²) < 4.78 is 7.80. The molecule has 0 radical (unpaired) electrons. The topological polar surface area (TPSA) is 47.4 Å². The Morgan fingerprint density at radius 3 is 2.57 bits per heavy atom. The van der Waals surface area contributed by atoms with Crippen LogP contribution in [0.3, 0.4) is 0 Å². The zero-order valence-electron chi connectivity index (χ0n) is 14.1. The summed E-state index contributed by atoms with van der Waals surface area (Å²) in [5.41, 5.74) is 3.72. The molecule has 0 unspecified atom stereocenters. The number of aryl methyl sites for hydroxylation is 1. The highest BCUT2D eigenvalue weighted by atomic mass is 16.5. The van der Waals surface area contributed by atoms with Crippen molar-refractivity contribution in [3.05, 3.63) is 47.5 Å². The molecule has 23 heavy (non-hydrogen) atoms. The van der Waals surface area contributed by atoms with Gasteiger partial charge in [0.15, 0.2) is 0 Å². The predicted octanol–water partition coefficient (Wildman–Crippen LogP) is 2.74. The first-order valence-corrected chi connectivity index (χ1v) is 8.01. The third-order valence-electron chi connectivity index (χ3n) is 4.27. The number of nitrogens with zero attached hydrogens (tertiary/aromatic N) is 3. The summed E-state index contributed by atoms with van der Waals surface area (Å²) in [6.07, 6.45) is 3.71. The molecule has 122 valence electrons. The Balaban J connectivity index is 1.93. The number of carbonyl (C=O) groups is 1. The second-order valence-corrected chi connectivity index (χ2v) is 6.30. The molecule has 0 aliphatic carbocycles. The number of pyridine rings is 1. The Kier molecular flexibility index (Phi) is 4.22. The van der Waals surface area contributed by atoms with E-state index in [1.165, 1.54) is 0 Å². The lowest BCUT2D eigenvalue weighted by atomic mass is 10.1. The maximum Gasteiger partial charge on any atom is 0.255 e. The smallest absolute Gasteiger partial charge is 0.255 e. The molecule has 0 bridgehead atoms. The Hall–Kier alpha value is -2.14. The van der Waals surface area contributed by atoms with Gasteiger partial charge in [-0.25, -0.2) is 0 Å². The maximum absolute atomic E-state index is 12.9. The molecular weight excluding hydrogens is 290 g/mol. The molecule has 5 heteroatoms. The van der Waals surface area contributed by atoms with Crippen LogP contribution in [0.5, 0.6) is 0 Å². The van der Waals surface area contributed by atoms with E-state index in [1.54, 1.807) is 6.20 Å². The zero-order valence-corrected chi connectivity index (χ0v) is 14.1. The maximum atomic E-state index is 12.9. The molecule has 1 aliphatic heterocycles. The van der Waals surface area contributed by atoms with Crippen molar-refractivity contribution >= 4 is 5.91 Å². The Labute approximate surface area is 136 Å². The van der Waals surface area contributed by atoms with Gasteiger partial charge in [0.2, 0.25) is 0 Å². The highest BCUT2D eigenvalue weighted by Gasteiger charge is 2.28. The van der Waals surface area contributed by atoms with Gasteiger partial charge in [0, 0.05) is 30.7 Å².